The van der Waals surface area contributed by atoms with Crippen molar-refractivity contribution in [1.29, 1.82) is 0 Å². The van der Waals surface area contributed by atoms with E-state index in [0.717, 1.165) is 39.1 Å². The van der Waals surface area contributed by atoms with Crippen molar-refractivity contribution in [3.8, 4) is 0 Å². The largest absolute Gasteiger partial charge is 0.385 e. The van der Waals surface area contributed by atoms with E-state index in [1.807, 2.05) is 6.07 Å². The first-order chi connectivity index (χ1) is 9.29. The summed E-state index contributed by atoms with van der Waals surface area (Å²) in [5, 5.41) is 0. The number of hydrogen-bond donors (Lipinski definition) is 1. The van der Waals surface area contributed by atoms with Crippen LogP contribution in [0.15, 0.2) is 30.3 Å². The Bertz CT molecular complexity index is 323. The van der Waals surface area contributed by atoms with Gasteiger partial charge in [0, 0.05) is 38.9 Å². The van der Waals surface area contributed by atoms with Crippen LogP contribution < -0.4 is 5.73 Å². The molecule has 108 valence electrons. The van der Waals surface area contributed by atoms with Gasteiger partial charge in [0.25, 0.3) is 0 Å². The molecule has 19 heavy (non-hydrogen) atoms. The van der Waals surface area contributed by atoms with Crippen LogP contribution in [0, 0.1) is 0 Å². The SMILES string of the molecule is CCC(CN)(CCOCCCOC)c1ccccc1. The zero-order valence-electron chi connectivity index (χ0n) is 12.2. The summed E-state index contributed by atoms with van der Waals surface area (Å²) in [5.41, 5.74) is 7.40. The summed E-state index contributed by atoms with van der Waals surface area (Å²) >= 11 is 0. The quantitative estimate of drug-likeness (QED) is 0.662. The molecule has 0 bridgehead atoms. The third kappa shape index (κ3) is 4.94. The van der Waals surface area contributed by atoms with Gasteiger partial charge in [0.15, 0.2) is 0 Å². The van der Waals surface area contributed by atoms with E-state index in [-0.39, 0.29) is 5.41 Å². The molecule has 0 radical (unpaired) electrons. The van der Waals surface area contributed by atoms with Crippen molar-refractivity contribution in [1.82, 2.24) is 0 Å². The molecule has 1 aromatic rings. The molecule has 0 aliphatic carbocycles. The maximum absolute atomic E-state index is 6.04. The molecular formula is C16H27NO2. The maximum atomic E-state index is 6.04. The first-order valence-corrected chi connectivity index (χ1v) is 7.11. The second kappa shape index (κ2) is 9.08. The number of ether oxygens (including phenoxy) is 2. The monoisotopic (exact) mass is 265 g/mol. The predicted octanol–water partition coefficient (Wildman–Crippen LogP) is 2.74. The van der Waals surface area contributed by atoms with Crippen LogP contribution in [-0.4, -0.2) is 33.5 Å². The molecular weight excluding hydrogens is 238 g/mol. The Morgan fingerprint density at radius 3 is 2.42 bits per heavy atom. The van der Waals surface area contributed by atoms with Gasteiger partial charge in [-0.05, 0) is 24.8 Å². The van der Waals surface area contributed by atoms with Crippen LogP contribution >= 0.6 is 0 Å². The van der Waals surface area contributed by atoms with E-state index >= 15 is 0 Å². The van der Waals surface area contributed by atoms with E-state index in [1.165, 1.54) is 5.56 Å². The minimum atomic E-state index is 0.0442. The van der Waals surface area contributed by atoms with Crippen molar-refractivity contribution >= 4 is 0 Å². The Balaban J connectivity index is 2.48. The highest BCUT2D eigenvalue weighted by Gasteiger charge is 2.28. The number of benzene rings is 1. The van der Waals surface area contributed by atoms with Crippen LogP contribution in [-0.2, 0) is 14.9 Å². The van der Waals surface area contributed by atoms with Crippen LogP contribution in [0.1, 0.15) is 31.7 Å². The molecule has 0 saturated carbocycles. The summed E-state index contributed by atoms with van der Waals surface area (Å²) in [4.78, 5) is 0. The van der Waals surface area contributed by atoms with Gasteiger partial charge >= 0.3 is 0 Å². The van der Waals surface area contributed by atoms with Gasteiger partial charge in [0.1, 0.15) is 0 Å². The van der Waals surface area contributed by atoms with Crippen LogP contribution in [0.5, 0.6) is 0 Å². The molecule has 3 heteroatoms. The summed E-state index contributed by atoms with van der Waals surface area (Å²) in [5.74, 6) is 0. The molecule has 0 aromatic heterocycles. The van der Waals surface area contributed by atoms with Crippen molar-refractivity contribution in [3.05, 3.63) is 35.9 Å². The lowest BCUT2D eigenvalue weighted by atomic mass is 9.75. The molecule has 1 aromatic carbocycles. The third-order valence-corrected chi connectivity index (χ3v) is 3.82. The molecule has 0 aliphatic rings. The fourth-order valence-electron chi connectivity index (χ4n) is 2.36. The second-order valence-corrected chi connectivity index (χ2v) is 4.91. The Morgan fingerprint density at radius 1 is 1.11 bits per heavy atom. The molecule has 0 saturated heterocycles. The Labute approximate surface area is 117 Å². The van der Waals surface area contributed by atoms with Crippen LogP contribution in [0.2, 0.25) is 0 Å². The molecule has 0 spiro atoms. The standard InChI is InChI=1S/C16H27NO2/c1-3-16(14-17,15-8-5-4-6-9-15)10-13-19-12-7-11-18-2/h4-6,8-9H,3,7,10-14,17H2,1-2H3. The molecule has 0 amide bonds. The summed E-state index contributed by atoms with van der Waals surface area (Å²) in [6, 6.07) is 10.5. The predicted molar refractivity (Wildman–Crippen MR) is 79.4 cm³/mol. The summed E-state index contributed by atoms with van der Waals surface area (Å²) in [6.45, 7) is 5.13. The van der Waals surface area contributed by atoms with Gasteiger partial charge in [-0.15, -0.1) is 0 Å². The number of nitrogens with two attached hydrogens (primary N) is 1. The van der Waals surface area contributed by atoms with Gasteiger partial charge < -0.3 is 15.2 Å². The Morgan fingerprint density at radius 2 is 1.84 bits per heavy atom. The second-order valence-electron chi connectivity index (χ2n) is 4.91. The lowest BCUT2D eigenvalue weighted by molar-refractivity contribution is 0.0893. The first-order valence-electron chi connectivity index (χ1n) is 7.11. The van der Waals surface area contributed by atoms with Gasteiger partial charge in [-0.3, -0.25) is 0 Å². The molecule has 1 rings (SSSR count). The Kier molecular flexibility index (Phi) is 7.72. The number of hydrogen-bond acceptors (Lipinski definition) is 3. The van der Waals surface area contributed by atoms with Crippen molar-refractivity contribution in [3.63, 3.8) is 0 Å². The molecule has 2 N–H and O–H groups in total. The minimum Gasteiger partial charge on any atom is -0.385 e. The van der Waals surface area contributed by atoms with Crippen LogP contribution in [0.3, 0.4) is 0 Å². The smallest absolute Gasteiger partial charge is 0.0487 e. The maximum Gasteiger partial charge on any atom is 0.0487 e. The lowest BCUT2D eigenvalue weighted by Gasteiger charge is -2.32. The van der Waals surface area contributed by atoms with E-state index < -0.39 is 0 Å². The van der Waals surface area contributed by atoms with Gasteiger partial charge in [0.2, 0.25) is 0 Å². The molecule has 1 unspecified atom stereocenters. The third-order valence-electron chi connectivity index (χ3n) is 3.82. The van der Waals surface area contributed by atoms with Gasteiger partial charge in [-0.25, -0.2) is 0 Å². The van der Waals surface area contributed by atoms with Gasteiger partial charge in [-0.1, -0.05) is 37.3 Å². The normalized spacial score (nSPS) is 14.3. The zero-order valence-corrected chi connectivity index (χ0v) is 12.2. The molecule has 3 nitrogen and oxygen atoms in total. The highest BCUT2D eigenvalue weighted by atomic mass is 16.5. The average Bonchev–Trinajstić information content (AvgIpc) is 2.48. The minimum absolute atomic E-state index is 0.0442. The number of rotatable bonds is 10. The first kappa shape index (κ1) is 16.2. The van der Waals surface area contributed by atoms with E-state index in [2.05, 4.69) is 31.2 Å². The van der Waals surface area contributed by atoms with E-state index in [0.29, 0.717) is 6.54 Å². The summed E-state index contributed by atoms with van der Waals surface area (Å²) < 4.78 is 10.7. The van der Waals surface area contributed by atoms with Crippen molar-refractivity contribution in [2.45, 2.75) is 31.6 Å². The Hall–Kier alpha value is -0.900. The van der Waals surface area contributed by atoms with E-state index in [4.69, 9.17) is 15.2 Å². The van der Waals surface area contributed by atoms with E-state index in [1.54, 1.807) is 7.11 Å². The van der Waals surface area contributed by atoms with Crippen molar-refractivity contribution in [2.24, 2.45) is 5.73 Å². The van der Waals surface area contributed by atoms with Gasteiger partial charge in [0.05, 0.1) is 0 Å². The highest BCUT2D eigenvalue weighted by Crippen LogP contribution is 2.30. The van der Waals surface area contributed by atoms with Crippen LogP contribution in [0.4, 0.5) is 0 Å². The molecule has 0 fully saturated rings. The fraction of sp³-hybridized carbons (Fsp3) is 0.625. The molecule has 1 atom stereocenters. The molecule has 0 heterocycles. The average molecular weight is 265 g/mol. The van der Waals surface area contributed by atoms with Crippen molar-refractivity contribution in [2.75, 3.05) is 33.5 Å². The topological polar surface area (TPSA) is 44.5 Å². The number of methoxy groups -OCH3 is 1. The summed E-state index contributed by atoms with van der Waals surface area (Å²) in [7, 11) is 1.71. The lowest BCUT2D eigenvalue weighted by Crippen LogP contribution is -2.35. The highest BCUT2D eigenvalue weighted by molar-refractivity contribution is 5.25. The van der Waals surface area contributed by atoms with Crippen LogP contribution in [0.25, 0.3) is 0 Å². The fourth-order valence-corrected chi connectivity index (χ4v) is 2.36. The van der Waals surface area contributed by atoms with E-state index in [9.17, 15) is 0 Å². The zero-order chi connectivity index (χ0) is 14.0. The molecule has 0 aliphatic heterocycles. The van der Waals surface area contributed by atoms with Gasteiger partial charge in [-0.2, -0.15) is 0 Å². The summed E-state index contributed by atoms with van der Waals surface area (Å²) in [6.07, 6.45) is 2.95. The van der Waals surface area contributed by atoms with Crippen molar-refractivity contribution < 1.29 is 9.47 Å².